The molecule has 0 radical (unpaired) electrons. The van der Waals surface area contributed by atoms with Crippen molar-refractivity contribution in [1.29, 1.82) is 0 Å². The summed E-state index contributed by atoms with van der Waals surface area (Å²) in [5.41, 5.74) is 2.57. The van der Waals surface area contributed by atoms with Crippen LogP contribution in [0.15, 0.2) is 53.5 Å². The minimum atomic E-state index is -0.582. The number of aromatic nitrogens is 4. The fourth-order valence-electron chi connectivity index (χ4n) is 4.29. The molecule has 2 aromatic carbocycles. The number of benzene rings is 2. The van der Waals surface area contributed by atoms with Crippen molar-refractivity contribution in [1.82, 2.24) is 25.1 Å². The van der Waals surface area contributed by atoms with E-state index in [0.29, 0.717) is 35.9 Å². The molecule has 3 heterocycles. The van der Waals surface area contributed by atoms with Crippen molar-refractivity contribution >= 4 is 22.5 Å². The number of carbonyl (C=O) groups excluding carboxylic acids is 1. The van der Waals surface area contributed by atoms with E-state index in [9.17, 15) is 14.0 Å². The van der Waals surface area contributed by atoms with E-state index in [1.807, 2.05) is 12.1 Å². The molecule has 1 fully saturated rings. The van der Waals surface area contributed by atoms with Gasteiger partial charge in [-0.15, -0.1) is 0 Å². The number of nitrogens with zero attached hydrogens (tertiary/aromatic N) is 4. The standard InChI is InChI=1S/C25H21FN6O2/c26-19-8-5-14(10-20-16-3-1-2-4-17(16)24(33)31-30-20)9-18(19)25(34)32-12-21-22(13-32)29-23(11-27-21)28-15-6-7-15/h1-5,8-9,11,15H,6-7,10,12-13H2,(H,28,29)(H,31,33). The molecule has 2 aliphatic rings. The van der Waals surface area contributed by atoms with Crippen LogP contribution in [0.1, 0.15) is 45.8 Å². The number of halogens is 1. The van der Waals surface area contributed by atoms with Crippen molar-refractivity contribution in [3.8, 4) is 0 Å². The summed E-state index contributed by atoms with van der Waals surface area (Å²) < 4.78 is 14.7. The summed E-state index contributed by atoms with van der Waals surface area (Å²) in [6, 6.07) is 12.1. The van der Waals surface area contributed by atoms with E-state index in [4.69, 9.17) is 0 Å². The highest BCUT2D eigenvalue weighted by Crippen LogP contribution is 2.27. The first-order valence-corrected chi connectivity index (χ1v) is 11.2. The van der Waals surface area contributed by atoms with Crippen LogP contribution >= 0.6 is 0 Å². The molecule has 1 saturated carbocycles. The molecular formula is C25H21FN6O2. The van der Waals surface area contributed by atoms with E-state index in [0.717, 1.165) is 35.2 Å². The third-order valence-corrected chi connectivity index (χ3v) is 6.24. The first-order chi connectivity index (χ1) is 16.5. The molecular weight excluding hydrogens is 435 g/mol. The summed E-state index contributed by atoms with van der Waals surface area (Å²) in [4.78, 5) is 35.9. The molecule has 2 aromatic heterocycles. The molecule has 0 saturated heterocycles. The SMILES string of the molecule is O=C(c1cc(Cc2n[nH]c(=O)c3ccccc23)ccc1F)N1Cc2ncc(NC3CC3)nc2C1. The summed E-state index contributed by atoms with van der Waals surface area (Å²) in [6.07, 6.45) is 4.29. The second-order valence-corrected chi connectivity index (χ2v) is 8.76. The van der Waals surface area contributed by atoms with Gasteiger partial charge in [-0.1, -0.05) is 24.3 Å². The van der Waals surface area contributed by atoms with Gasteiger partial charge in [-0.05, 0) is 36.6 Å². The number of H-pyrrole nitrogens is 1. The van der Waals surface area contributed by atoms with Crippen LogP contribution in [0.5, 0.6) is 0 Å². The summed E-state index contributed by atoms with van der Waals surface area (Å²) in [5.74, 6) is -0.277. The van der Waals surface area contributed by atoms with Crippen molar-refractivity contribution in [2.45, 2.75) is 38.4 Å². The van der Waals surface area contributed by atoms with E-state index in [2.05, 4.69) is 25.5 Å². The number of hydrogen-bond acceptors (Lipinski definition) is 6. The van der Waals surface area contributed by atoms with Gasteiger partial charge in [-0.3, -0.25) is 14.6 Å². The highest BCUT2D eigenvalue weighted by Gasteiger charge is 2.29. The Morgan fingerprint density at radius 2 is 1.91 bits per heavy atom. The minimum absolute atomic E-state index is 0.00429. The Bertz CT molecular complexity index is 1500. The molecule has 4 aromatic rings. The lowest BCUT2D eigenvalue weighted by molar-refractivity contribution is 0.0744. The van der Waals surface area contributed by atoms with E-state index in [1.165, 1.54) is 6.07 Å². The Hall–Kier alpha value is -4.14. The van der Waals surface area contributed by atoms with Crippen LogP contribution in [0.3, 0.4) is 0 Å². The highest BCUT2D eigenvalue weighted by molar-refractivity contribution is 5.95. The molecule has 0 bridgehead atoms. The normalized spacial score (nSPS) is 14.9. The lowest BCUT2D eigenvalue weighted by Gasteiger charge is -2.16. The predicted molar refractivity (Wildman–Crippen MR) is 124 cm³/mol. The number of amides is 1. The summed E-state index contributed by atoms with van der Waals surface area (Å²) >= 11 is 0. The fourth-order valence-corrected chi connectivity index (χ4v) is 4.29. The van der Waals surface area contributed by atoms with Crippen LogP contribution in [0.2, 0.25) is 0 Å². The lowest BCUT2D eigenvalue weighted by atomic mass is 10.0. The molecule has 2 N–H and O–H groups in total. The quantitative estimate of drug-likeness (QED) is 0.478. The third-order valence-electron chi connectivity index (χ3n) is 6.24. The van der Waals surface area contributed by atoms with Gasteiger partial charge in [-0.25, -0.2) is 14.5 Å². The van der Waals surface area contributed by atoms with E-state index < -0.39 is 11.7 Å². The van der Waals surface area contributed by atoms with Gasteiger partial charge in [0.1, 0.15) is 11.6 Å². The first-order valence-electron chi connectivity index (χ1n) is 11.2. The van der Waals surface area contributed by atoms with E-state index >= 15 is 0 Å². The van der Waals surface area contributed by atoms with Crippen LogP contribution < -0.4 is 10.9 Å². The van der Waals surface area contributed by atoms with Crippen molar-refractivity contribution in [2.24, 2.45) is 0 Å². The molecule has 9 heteroatoms. The van der Waals surface area contributed by atoms with Gasteiger partial charge >= 0.3 is 0 Å². The van der Waals surface area contributed by atoms with E-state index in [-0.39, 0.29) is 17.7 Å². The van der Waals surface area contributed by atoms with Crippen molar-refractivity contribution in [3.63, 3.8) is 0 Å². The second kappa shape index (κ2) is 8.02. The molecule has 1 aliphatic heterocycles. The van der Waals surface area contributed by atoms with Crippen molar-refractivity contribution < 1.29 is 9.18 Å². The van der Waals surface area contributed by atoms with Gasteiger partial charge in [0.2, 0.25) is 0 Å². The van der Waals surface area contributed by atoms with Crippen molar-refractivity contribution in [3.05, 3.63) is 93.0 Å². The average molecular weight is 456 g/mol. The number of aromatic amines is 1. The molecule has 0 atom stereocenters. The summed E-state index contributed by atoms with van der Waals surface area (Å²) in [7, 11) is 0. The lowest BCUT2D eigenvalue weighted by Crippen LogP contribution is -2.26. The van der Waals surface area contributed by atoms with Gasteiger partial charge in [0.05, 0.1) is 47.3 Å². The molecule has 6 rings (SSSR count). The van der Waals surface area contributed by atoms with Gasteiger partial charge in [0.15, 0.2) is 0 Å². The van der Waals surface area contributed by atoms with Crippen LogP contribution in [0, 0.1) is 5.82 Å². The monoisotopic (exact) mass is 456 g/mol. The largest absolute Gasteiger partial charge is 0.366 e. The molecule has 170 valence electrons. The maximum Gasteiger partial charge on any atom is 0.272 e. The van der Waals surface area contributed by atoms with Gasteiger partial charge < -0.3 is 10.2 Å². The van der Waals surface area contributed by atoms with Crippen molar-refractivity contribution in [2.75, 3.05) is 5.32 Å². The predicted octanol–water partition coefficient (Wildman–Crippen LogP) is 3.17. The molecule has 1 amide bonds. The Balaban J connectivity index is 1.25. The molecule has 0 unspecified atom stereocenters. The number of hydrogen-bond donors (Lipinski definition) is 2. The van der Waals surface area contributed by atoms with E-state index in [1.54, 1.807) is 35.4 Å². The molecule has 8 nitrogen and oxygen atoms in total. The topological polar surface area (TPSA) is 104 Å². The Morgan fingerprint density at radius 3 is 2.74 bits per heavy atom. The smallest absolute Gasteiger partial charge is 0.272 e. The Kier molecular flexibility index (Phi) is 4.83. The van der Waals surface area contributed by atoms with Gasteiger partial charge in [0, 0.05) is 17.8 Å². The number of carbonyl (C=O) groups is 1. The summed E-state index contributed by atoms with van der Waals surface area (Å²) in [5, 5.41) is 11.3. The zero-order valence-electron chi connectivity index (χ0n) is 18.2. The highest BCUT2D eigenvalue weighted by atomic mass is 19.1. The molecule has 34 heavy (non-hydrogen) atoms. The van der Waals surface area contributed by atoms with Crippen LogP contribution in [-0.2, 0) is 19.5 Å². The number of nitrogens with one attached hydrogen (secondary N) is 2. The third kappa shape index (κ3) is 3.79. The van der Waals surface area contributed by atoms with Crippen LogP contribution in [-0.4, -0.2) is 37.0 Å². The maximum atomic E-state index is 14.7. The van der Waals surface area contributed by atoms with Crippen LogP contribution in [0.25, 0.3) is 10.8 Å². The summed E-state index contributed by atoms with van der Waals surface area (Å²) in [6.45, 7) is 0.581. The van der Waals surface area contributed by atoms with Crippen LogP contribution in [0.4, 0.5) is 10.2 Å². The van der Waals surface area contributed by atoms with Gasteiger partial charge in [0.25, 0.3) is 11.5 Å². The number of rotatable bonds is 5. The van der Waals surface area contributed by atoms with Gasteiger partial charge in [-0.2, -0.15) is 5.10 Å². The number of fused-ring (bicyclic) bond motifs is 2. The first kappa shape index (κ1) is 20.5. The number of anilines is 1. The zero-order valence-corrected chi connectivity index (χ0v) is 18.2. The molecule has 1 aliphatic carbocycles. The zero-order chi connectivity index (χ0) is 23.2. The molecule has 0 spiro atoms. The Labute approximate surface area is 193 Å². The average Bonchev–Trinajstić information content (AvgIpc) is 3.56. The minimum Gasteiger partial charge on any atom is -0.366 e. The second-order valence-electron chi connectivity index (χ2n) is 8.76. The Morgan fingerprint density at radius 1 is 1.12 bits per heavy atom. The fraction of sp³-hybridized carbons (Fsp3) is 0.240. The maximum absolute atomic E-state index is 14.7.